The summed E-state index contributed by atoms with van der Waals surface area (Å²) in [5.74, 6) is -2.14. The number of sulfonamides is 1. The van der Waals surface area contributed by atoms with E-state index in [4.69, 9.17) is 0 Å². The van der Waals surface area contributed by atoms with Gasteiger partial charge in [-0.3, -0.25) is 9.10 Å². The van der Waals surface area contributed by atoms with Crippen LogP contribution in [0.3, 0.4) is 0 Å². The van der Waals surface area contributed by atoms with Gasteiger partial charge >= 0.3 is 0 Å². The molecule has 0 aliphatic heterocycles. The lowest BCUT2D eigenvalue weighted by atomic mass is 10.2. The minimum Gasteiger partial charge on any atom is -0.545 e. The van der Waals surface area contributed by atoms with Crippen molar-refractivity contribution in [2.75, 3.05) is 16.2 Å². The first-order chi connectivity index (χ1) is 14.3. The van der Waals surface area contributed by atoms with Gasteiger partial charge in [-0.2, -0.15) is 0 Å². The van der Waals surface area contributed by atoms with Crippen LogP contribution in [0.4, 0.5) is 11.4 Å². The molecular formula is C22H19N2O5S-. The molecule has 0 saturated heterocycles. The number of aryl methyl sites for hydroxylation is 1. The average Bonchev–Trinajstić information content (AvgIpc) is 2.73. The predicted octanol–water partition coefficient (Wildman–Crippen LogP) is 2.19. The number of anilines is 2. The number of benzene rings is 3. The molecule has 0 aromatic heterocycles. The quantitative estimate of drug-likeness (QED) is 0.627. The third kappa shape index (κ3) is 4.66. The van der Waals surface area contributed by atoms with E-state index in [9.17, 15) is 23.1 Å². The molecule has 8 heteroatoms. The molecule has 7 nitrogen and oxygen atoms in total. The Morgan fingerprint density at radius 2 is 1.50 bits per heavy atom. The zero-order valence-electron chi connectivity index (χ0n) is 16.1. The number of carboxylic acid groups (broad SMARTS) is 1. The molecule has 0 radical (unpaired) electrons. The van der Waals surface area contributed by atoms with Crippen molar-refractivity contribution in [1.82, 2.24) is 0 Å². The molecule has 30 heavy (non-hydrogen) atoms. The number of carboxylic acids is 1. The first-order valence-corrected chi connectivity index (χ1v) is 10.5. The molecule has 0 unspecified atom stereocenters. The Kier molecular flexibility index (Phi) is 6.17. The van der Waals surface area contributed by atoms with Crippen molar-refractivity contribution >= 4 is 33.3 Å². The van der Waals surface area contributed by atoms with E-state index in [1.54, 1.807) is 48.5 Å². The summed E-state index contributed by atoms with van der Waals surface area (Å²) in [6.07, 6.45) is 0. The third-order valence-electron chi connectivity index (χ3n) is 4.36. The fourth-order valence-corrected chi connectivity index (χ4v) is 4.26. The topological polar surface area (TPSA) is 107 Å². The summed E-state index contributed by atoms with van der Waals surface area (Å²) >= 11 is 0. The number of carbonyl (C=O) groups is 2. The van der Waals surface area contributed by atoms with Gasteiger partial charge in [0.05, 0.1) is 16.6 Å². The molecule has 0 atom stereocenters. The molecule has 0 aliphatic carbocycles. The SMILES string of the molecule is Cc1ccc(S(=O)(=O)N(CC(=O)Nc2ccccc2C(=O)[O-])c2ccccc2)cc1. The largest absolute Gasteiger partial charge is 0.545 e. The number of nitrogens with one attached hydrogen (secondary N) is 1. The highest BCUT2D eigenvalue weighted by Crippen LogP contribution is 2.24. The van der Waals surface area contributed by atoms with Crippen molar-refractivity contribution in [3.63, 3.8) is 0 Å². The molecule has 0 spiro atoms. The van der Waals surface area contributed by atoms with Crippen molar-refractivity contribution in [2.24, 2.45) is 0 Å². The Balaban J connectivity index is 1.94. The van der Waals surface area contributed by atoms with Crippen LogP contribution in [0.5, 0.6) is 0 Å². The zero-order valence-corrected chi connectivity index (χ0v) is 16.9. The van der Waals surface area contributed by atoms with Gasteiger partial charge in [0.1, 0.15) is 6.54 Å². The van der Waals surface area contributed by atoms with Crippen LogP contribution in [0.25, 0.3) is 0 Å². The smallest absolute Gasteiger partial charge is 0.264 e. The van der Waals surface area contributed by atoms with Crippen molar-refractivity contribution in [2.45, 2.75) is 11.8 Å². The molecule has 0 aliphatic rings. The summed E-state index contributed by atoms with van der Waals surface area (Å²) < 4.78 is 27.5. The lowest BCUT2D eigenvalue weighted by Gasteiger charge is -2.24. The molecule has 1 N–H and O–H groups in total. The van der Waals surface area contributed by atoms with E-state index < -0.39 is 28.4 Å². The van der Waals surface area contributed by atoms with E-state index in [0.717, 1.165) is 9.87 Å². The molecule has 3 rings (SSSR count). The van der Waals surface area contributed by atoms with E-state index in [-0.39, 0.29) is 16.1 Å². The summed E-state index contributed by atoms with van der Waals surface area (Å²) in [5, 5.41) is 13.7. The van der Waals surface area contributed by atoms with Gasteiger partial charge in [-0.05, 0) is 37.3 Å². The first-order valence-electron chi connectivity index (χ1n) is 9.04. The zero-order chi connectivity index (χ0) is 21.7. The second kappa shape index (κ2) is 8.79. The fraction of sp³-hybridized carbons (Fsp3) is 0.0909. The molecule has 0 bridgehead atoms. The van der Waals surface area contributed by atoms with E-state index >= 15 is 0 Å². The minimum absolute atomic E-state index is 0.0308. The second-order valence-electron chi connectivity index (χ2n) is 6.54. The van der Waals surface area contributed by atoms with Crippen LogP contribution in [0, 0.1) is 6.92 Å². The van der Waals surface area contributed by atoms with Crippen LogP contribution in [-0.2, 0) is 14.8 Å². The summed E-state index contributed by atoms with van der Waals surface area (Å²) in [6.45, 7) is 1.30. The number of hydrogen-bond acceptors (Lipinski definition) is 5. The molecule has 154 valence electrons. The number of amides is 1. The first kappa shape index (κ1) is 21.1. The van der Waals surface area contributed by atoms with E-state index in [1.165, 1.54) is 30.3 Å². The van der Waals surface area contributed by atoms with E-state index in [2.05, 4.69) is 5.32 Å². The van der Waals surface area contributed by atoms with Gasteiger partial charge in [-0.1, -0.05) is 54.1 Å². The van der Waals surface area contributed by atoms with Gasteiger partial charge in [0.15, 0.2) is 0 Å². The van der Waals surface area contributed by atoms with Crippen LogP contribution in [0.15, 0.2) is 83.8 Å². The summed E-state index contributed by atoms with van der Waals surface area (Å²) in [7, 11) is -4.04. The molecule has 0 heterocycles. The number of para-hydroxylation sites is 2. The number of rotatable bonds is 7. The highest BCUT2D eigenvalue weighted by molar-refractivity contribution is 7.92. The van der Waals surface area contributed by atoms with Gasteiger partial charge in [0.25, 0.3) is 10.0 Å². The minimum atomic E-state index is -4.04. The normalized spacial score (nSPS) is 11.0. The summed E-state index contributed by atoms with van der Waals surface area (Å²) in [5.41, 5.74) is 1.04. The Labute approximate surface area is 174 Å². The molecule has 3 aromatic rings. The Bertz CT molecular complexity index is 1160. The molecule has 0 fully saturated rings. The monoisotopic (exact) mass is 423 g/mol. The van der Waals surface area contributed by atoms with Crippen molar-refractivity contribution in [3.8, 4) is 0 Å². The maximum Gasteiger partial charge on any atom is 0.264 e. The van der Waals surface area contributed by atoms with Gasteiger partial charge in [0.2, 0.25) is 5.91 Å². The van der Waals surface area contributed by atoms with Crippen molar-refractivity contribution in [1.29, 1.82) is 0 Å². The highest BCUT2D eigenvalue weighted by Gasteiger charge is 2.27. The van der Waals surface area contributed by atoms with Gasteiger partial charge in [-0.25, -0.2) is 8.42 Å². The lowest BCUT2D eigenvalue weighted by molar-refractivity contribution is -0.254. The Morgan fingerprint density at radius 1 is 0.900 bits per heavy atom. The number of hydrogen-bond donors (Lipinski definition) is 1. The van der Waals surface area contributed by atoms with Crippen LogP contribution >= 0.6 is 0 Å². The highest BCUT2D eigenvalue weighted by atomic mass is 32.2. The average molecular weight is 423 g/mol. The summed E-state index contributed by atoms with van der Waals surface area (Å²) in [6, 6.07) is 20.3. The second-order valence-corrected chi connectivity index (χ2v) is 8.40. The molecule has 3 aromatic carbocycles. The van der Waals surface area contributed by atoms with Crippen LogP contribution in [0.2, 0.25) is 0 Å². The fourth-order valence-electron chi connectivity index (χ4n) is 2.84. The Hall–Kier alpha value is -3.65. The van der Waals surface area contributed by atoms with Crippen LogP contribution in [0.1, 0.15) is 15.9 Å². The third-order valence-corrected chi connectivity index (χ3v) is 6.15. The number of nitrogens with zero attached hydrogens (tertiary/aromatic N) is 1. The predicted molar refractivity (Wildman–Crippen MR) is 112 cm³/mol. The number of aromatic carboxylic acids is 1. The van der Waals surface area contributed by atoms with Gasteiger partial charge in [0, 0.05) is 11.3 Å². The van der Waals surface area contributed by atoms with Crippen LogP contribution in [-0.4, -0.2) is 26.8 Å². The Morgan fingerprint density at radius 3 is 2.13 bits per heavy atom. The molecule has 1 amide bonds. The molecule has 0 saturated carbocycles. The summed E-state index contributed by atoms with van der Waals surface area (Å²) in [4.78, 5) is 24.0. The van der Waals surface area contributed by atoms with Crippen molar-refractivity contribution < 1.29 is 23.1 Å². The van der Waals surface area contributed by atoms with Crippen LogP contribution < -0.4 is 14.7 Å². The van der Waals surface area contributed by atoms with Gasteiger partial charge < -0.3 is 15.2 Å². The van der Waals surface area contributed by atoms with Gasteiger partial charge in [-0.15, -0.1) is 0 Å². The van der Waals surface area contributed by atoms with E-state index in [1.807, 2.05) is 6.92 Å². The van der Waals surface area contributed by atoms with E-state index in [0.29, 0.717) is 5.69 Å². The number of carbonyl (C=O) groups excluding carboxylic acids is 2. The maximum atomic E-state index is 13.2. The van der Waals surface area contributed by atoms with Crippen molar-refractivity contribution in [3.05, 3.63) is 90.0 Å². The standard InChI is InChI=1S/C22H20N2O5S/c1-16-11-13-18(14-12-16)30(28,29)24(17-7-3-2-4-8-17)15-21(25)23-20-10-6-5-9-19(20)22(26)27/h2-14H,15H2,1H3,(H,23,25)(H,26,27)/p-1. The maximum absolute atomic E-state index is 13.2. The lowest BCUT2D eigenvalue weighted by Crippen LogP contribution is -2.38. The molecular weight excluding hydrogens is 404 g/mol.